The fourth-order valence-electron chi connectivity index (χ4n) is 2.05. The number of hydrogen-bond acceptors (Lipinski definition) is 4. The minimum Gasteiger partial charge on any atom is -0.446 e. The van der Waals surface area contributed by atoms with Crippen LogP contribution in [0.1, 0.15) is 0 Å². The van der Waals surface area contributed by atoms with Crippen molar-refractivity contribution in [2.24, 2.45) is 0 Å². The van der Waals surface area contributed by atoms with Crippen molar-refractivity contribution in [2.75, 3.05) is 0 Å². The molecule has 0 aliphatic carbocycles. The molecule has 1 aliphatic heterocycles. The molecular weight excluding hydrogens is 304 g/mol. The predicted molar refractivity (Wildman–Crippen MR) is 65.2 cm³/mol. The molecule has 4 nitrogen and oxygen atoms in total. The van der Waals surface area contributed by atoms with Crippen LogP contribution in [-0.4, -0.2) is 28.9 Å². The van der Waals surface area contributed by atoms with Gasteiger partial charge in [-0.05, 0) is 24.6 Å². The van der Waals surface area contributed by atoms with Gasteiger partial charge in [0.05, 0.1) is 0 Å². The van der Waals surface area contributed by atoms with Crippen LogP contribution in [0.25, 0.3) is 0 Å². The van der Waals surface area contributed by atoms with Crippen molar-refractivity contribution < 1.29 is 26.6 Å². The molecule has 0 aromatic heterocycles. The second-order valence-corrected chi connectivity index (χ2v) is 10.6. The standard InChI is InChI=1S/C8H8BClF2O4SSi/c1-18(2)8-4(9(13)16-18)3-5(11)7(6(8)12)17(10,14)15/h3,13H,1-2H3. The molecule has 0 fully saturated rings. The monoisotopic (exact) mass is 312 g/mol. The van der Waals surface area contributed by atoms with Gasteiger partial charge in [0, 0.05) is 15.9 Å². The van der Waals surface area contributed by atoms with Gasteiger partial charge in [0.25, 0.3) is 9.05 Å². The van der Waals surface area contributed by atoms with E-state index < -0.39 is 41.0 Å². The Morgan fingerprint density at radius 2 is 2.00 bits per heavy atom. The first-order valence-corrected chi connectivity index (χ1v) is 10.1. The van der Waals surface area contributed by atoms with Crippen LogP contribution >= 0.6 is 10.7 Å². The molecule has 0 saturated heterocycles. The van der Waals surface area contributed by atoms with E-state index in [1.807, 2.05) is 0 Å². The summed E-state index contributed by atoms with van der Waals surface area (Å²) in [6.07, 6.45) is 0. The van der Waals surface area contributed by atoms with Gasteiger partial charge in [-0.15, -0.1) is 0 Å². The van der Waals surface area contributed by atoms with Crippen molar-refractivity contribution in [2.45, 2.75) is 18.0 Å². The molecule has 0 atom stereocenters. The van der Waals surface area contributed by atoms with Gasteiger partial charge in [-0.3, -0.25) is 0 Å². The lowest BCUT2D eigenvalue weighted by molar-refractivity contribution is 0.440. The highest BCUT2D eigenvalue weighted by Gasteiger charge is 2.47. The third-order valence-electron chi connectivity index (χ3n) is 2.72. The molecule has 1 aromatic rings. The first kappa shape index (κ1) is 13.9. The van der Waals surface area contributed by atoms with E-state index in [-0.39, 0.29) is 10.6 Å². The molecule has 1 aliphatic rings. The number of benzene rings is 1. The van der Waals surface area contributed by atoms with E-state index in [4.69, 9.17) is 15.0 Å². The summed E-state index contributed by atoms with van der Waals surface area (Å²) in [4.78, 5) is -1.19. The van der Waals surface area contributed by atoms with Crippen molar-refractivity contribution >= 4 is 45.8 Å². The molecule has 1 N–H and O–H groups in total. The predicted octanol–water partition coefficient (Wildman–Crippen LogP) is 0.0221. The van der Waals surface area contributed by atoms with Crippen molar-refractivity contribution in [1.82, 2.24) is 0 Å². The molecule has 0 radical (unpaired) electrons. The number of hydrogen-bond donors (Lipinski definition) is 1. The summed E-state index contributed by atoms with van der Waals surface area (Å²) in [5.74, 6) is -2.61. The molecule has 0 unspecified atom stereocenters. The maximum absolute atomic E-state index is 14.1. The molecule has 1 heterocycles. The van der Waals surface area contributed by atoms with E-state index in [1.165, 1.54) is 0 Å². The Morgan fingerprint density at radius 1 is 1.44 bits per heavy atom. The van der Waals surface area contributed by atoms with Crippen molar-refractivity contribution in [3.63, 3.8) is 0 Å². The SMILES string of the molecule is C[Si]1(C)OB(O)c2cc(F)c(S(=O)(=O)Cl)c(F)c21. The fraction of sp³-hybridized carbons (Fsp3) is 0.250. The van der Waals surface area contributed by atoms with Gasteiger partial charge < -0.3 is 9.37 Å². The lowest BCUT2D eigenvalue weighted by Crippen LogP contribution is -2.46. The van der Waals surface area contributed by atoms with Crippen LogP contribution < -0.4 is 10.6 Å². The van der Waals surface area contributed by atoms with Crippen molar-refractivity contribution in [3.8, 4) is 0 Å². The zero-order valence-electron chi connectivity index (χ0n) is 9.37. The lowest BCUT2D eigenvalue weighted by atomic mass is 9.80. The molecule has 0 bridgehead atoms. The Hall–Kier alpha value is -0.478. The topological polar surface area (TPSA) is 63.6 Å². The van der Waals surface area contributed by atoms with E-state index in [9.17, 15) is 22.2 Å². The number of halogens is 3. The average molecular weight is 313 g/mol. The van der Waals surface area contributed by atoms with Crippen molar-refractivity contribution in [1.29, 1.82) is 0 Å². The molecule has 0 amide bonds. The highest BCUT2D eigenvalue weighted by Crippen LogP contribution is 2.25. The molecule has 98 valence electrons. The molecule has 2 rings (SSSR count). The van der Waals surface area contributed by atoms with Gasteiger partial charge in [0.1, 0.15) is 11.6 Å². The zero-order valence-corrected chi connectivity index (χ0v) is 11.9. The minimum atomic E-state index is -4.55. The number of rotatable bonds is 1. The maximum Gasteiger partial charge on any atom is 0.480 e. The highest BCUT2D eigenvalue weighted by molar-refractivity contribution is 8.13. The molecule has 0 spiro atoms. The average Bonchev–Trinajstić information content (AvgIpc) is 2.33. The van der Waals surface area contributed by atoms with Gasteiger partial charge >= 0.3 is 7.12 Å². The zero-order chi connectivity index (χ0) is 13.9. The third kappa shape index (κ3) is 1.99. The second-order valence-electron chi connectivity index (χ2n) is 4.38. The highest BCUT2D eigenvalue weighted by atomic mass is 35.7. The summed E-state index contributed by atoms with van der Waals surface area (Å²) < 4.78 is 55.2. The lowest BCUT2D eigenvalue weighted by Gasteiger charge is -2.17. The molecule has 10 heteroatoms. The van der Waals surface area contributed by atoms with E-state index in [0.29, 0.717) is 0 Å². The van der Waals surface area contributed by atoms with Crippen LogP contribution in [-0.2, 0) is 13.4 Å². The summed E-state index contributed by atoms with van der Waals surface area (Å²) in [6.45, 7) is 3.13. The largest absolute Gasteiger partial charge is 0.480 e. The molecule has 18 heavy (non-hydrogen) atoms. The van der Waals surface area contributed by atoms with Gasteiger partial charge in [-0.2, -0.15) is 0 Å². The molecule has 1 aromatic carbocycles. The number of fused-ring (bicyclic) bond motifs is 1. The second kappa shape index (κ2) is 4.01. The summed E-state index contributed by atoms with van der Waals surface area (Å²) >= 11 is 0. The Balaban J connectivity index is 2.87. The summed E-state index contributed by atoms with van der Waals surface area (Å²) in [5.41, 5.74) is -0.0780. The smallest absolute Gasteiger partial charge is 0.446 e. The quantitative estimate of drug-likeness (QED) is 0.587. The Labute approximate surface area is 108 Å². The van der Waals surface area contributed by atoms with Gasteiger partial charge in [0.15, 0.2) is 4.90 Å². The summed E-state index contributed by atoms with van der Waals surface area (Å²) in [5, 5.41) is 9.48. The summed E-state index contributed by atoms with van der Waals surface area (Å²) in [6, 6.07) is 0.750. The first-order valence-electron chi connectivity index (χ1n) is 4.88. The summed E-state index contributed by atoms with van der Waals surface area (Å²) in [7, 11) is -3.80. The Kier molecular flexibility index (Phi) is 3.10. The van der Waals surface area contributed by atoms with Crippen LogP contribution in [0.4, 0.5) is 8.78 Å². The minimum absolute atomic E-state index is 0.0735. The normalized spacial score (nSPS) is 18.0. The Bertz CT molecular complexity index is 636. The van der Waals surface area contributed by atoms with Crippen LogP contribution in [0.5, 0.6) is 0 Å². The van der Waals surface area contributed by atoms with Gasteiger partial charge in [-0.25, -0.2) is 17.2 Å². The Morgan fingerprint density at radius 3 is 2.50 bits per heavy atom. The molecular formula is C8H8BClF2O4SSi. The van der Waals surface area contributed by atoms with Crippen LogP contribution in [0, 0.1) is 11.6 Å². The van der Waals surface area contributed by atoms with Crippen LogP contribution in [0.2, 0.25) is 13.1 Å². The molecule has 0 saturated carbocycles. The van der Waals surface area contributed by atoms with E-state index in [2.05, 4.69) is 0 Å². The van der Waals surface area contributed by atoms with E-state index in [0.717, 1.165) is 6.07 Å². The van der Waals surface area contributed by atoms with Gasteiger partial charge in [0.2, 0.25) is 8.32 Å². The fourth-order valence-corrected chi connectivity index (χ4v) is 5.52. The maximum atomic E-state index is 14.1. The van der Waals surface area contributed by atoms with Crippen LogP contribution in [0.15, 0.2) is 11.0 Å². The van der Waals surface area contributed by atoms with E-state index in [1.54, 1.807) is 13.1 Å². The van der Waals surface area contributed by atoms with Crippen LogP contribution in [0.3, 0.4) is 0 Å². The van der Waals surface area contributed by atoms with Crippen molar-refractivity contribution in [3.05, 3.63) is 17.7 Å². The first-order chi connectivity index (χ1) is 8.05. The third-order valence-corrected chi connectivity index (χ3v) is 6.57. The van der Waals surface area contributed by atoms with E-state index >= 15 is 0 Å². The van der Waals surface area contributed by atoms with Gasteiger partial charge in [-0.1, -0.05) is 0 Å².